The molecule has 7 rings (SSSR count). The van der Waals surface area contributed by atoms with Gasteiger partial charge >= 0.3 is 0 Å². The lowest BCUT2D eigenvalue weighted by Gasteiger charge is -2.17. The molecule has 3 heteroatoms. The monoisotopic (exact) mass is 469 g/mol. The number of pyridine rings is 1. The maximum Gasteiger partial charge on any atom is 0.0494 e. The van der Waals surface area contributed by atoms with Gasteiger partial charge in [0.25, 0.3) is 0 Å². The summed E-state index contributed by atoms with van der Waals surface area (Å²) in [6.07, 6.45) is 3.93. The van der Waals surface area contributed by atoms with Gasteiger partial charge in [-0.3, -0.25) is 4.98 Å². The second-order valence-corrected chi connectivity index (χ2v) is 10.5. The normalized spacial score (nSPS) is 11.6. The largest absolute Gasteiger partial charge is 0.264 e. The molecular weight excluding hydrogens is 450 g/mol. The first-order chi connectivity index (χ1) is 16.9. The third-order valence-electron chi connectivity index (χ3n) is 6.42. The molecular formula is C31H19NS2. The number of benzene rings is 5. The van der Waals surface area contributed by atoms with Crippen molar-refractivity contribution in [3.05, 3.63) is 116 Å². The summed E-state index contributed by atoms with van der Waals surface area (Å²) in [6.45, 7) is 0. The minimum absolute atomic E-state index is 1.19. The molecule has 0 aliphatic heterocycles. The Balaban J connectivity index is 1.54. The van der Waals surface area contributed by atoms with Gasteiger partial charge in [-0.2, -0.15) is 0 Å². The van der Waals surface area contributed by atoms with E-state index in [0.29, 0.717) is 0 Å². The van der Waals surface area contributed by atoms with Crippen LogP contribution >= 0.6 is 23.1 Å². The molecule has 0 aliphatic carbocycles. The maximum atomic E-state index is 4.53. The first kappa shape index (κ1) is 19.8. The molecule has 0 unspecified atom stereocenters. The molecule has 0 saturated carbocycles. The summed E-state index contributed by atoms with van der Waals surface area (Å²) in [5, 5.41) is 7.66. The zero-order valence-electron chi connectivity index (χ0n) is 18.2. The number of nitrogens with zero attached hydrogens (tertiary/aromatic N) is 1. The zero-order valence-corrected chi connectivity index (χ0v) is 19.9. The molecule has 0 aliphatic rings. The highest BCUT2D eigenvalue weighted by molar-refractivity contribution is 8.00. The topological polar surface area (TPSA) is 12.9 Å². The summed E-state index contributed by atoms with van der Waals surface area (Å²) in [5.41, 5.74) is 2.48. The van der Waals surface area contributed by atoms with E-state index >= 15 is 0 Å². The predicted octanol–water partition coefficient (Wildman–Crippen LogP) is 9.57. The van der Waals surface area contributed by atoms with E-state index in [4.69, 9.17) is 0 Å². The van der Waals surface area contributed by atoms with Gasteiger partial charge in [0.05, 0.1) is 0 Å². The Morgan fingerprint density at radius 3 is 2.15 bits per heavy atom. The van der Waals surface area contributed by atoms with E-state index in [1.165, 1.54) is 62.6 Å². The van der Waals surface area contributed by atoms with Crippen LogP contribution in [0.3, 0.4) is 0 Å². The van der Waals surface area contributed by atoms with Gasteiger partial charge in [-0.1, -0.05) is 96.7 Å². The molecule has 2 heterocycles. The Kier molecular flexibility index (Phi) is 4.64. The number of aromatic nitrogens is 1. The molecule has 2 aromatic heterocycles. The Hall–Kier alpha value is -3.66. The number of hydrogen-bond donors (Lipinski definition) is 0. The fourth-order valence-corrected chi connectivity index (χ4v) is 7.42. The van der Waals surface area contributed by atoms with Crippen molar-refractivity contribution in [2.45, 2.75) is 9.79 Å². The van der Waals surface area contributed by atoms with Gasteiger partial charge in [-0.25, -0.2) is 0 Å². The van der Waals surface area contributed by atoms with Crippen molar-refractivity contribution in [2.75, 3.05) is 0 Å². The van der Waals surface area contributed by atoms with Gasteiger partial charge in [0, 0.05) is 47.7 Å². The second-order valence-electron chi connectivity index (χ2n) is 8.37. The van der Waals surface area contributed by atoms with Crippen LogP contribution in [0.1, 0.15) is 0 Å². The van der Waals surface area contributed by atoms with E-state index < -0.39 is 0 Å². The fourth-order valence-electron chi connectivity index (χ4n) is 4.92. The molecule has 1 nitrogen and oxygen atoms in total. The molecule has 0 radical (unpaired) electrons. The third kappa shape index (κ3) is 3.05. The highest BCUT2D eigenvalue weighted by atomic mass is 32.2. The lowest BCUT2D eigenvalue weighted by Crippen LogP contribution is -1.90. The number of thiophene rings is 1. The van der Waals surface area contributed by atoms with Gasteiger partial charge < -0.3 is 0 Å². The van der Waals surface area contributed by atoms with E-state index in [1.807, 2.05) is 35.5 Å². The molecule has 0 spiro atoms. The van der Waals surface area contributed by atoms with E-state index in [0.717, 1.165) is 0 Å². The molecule has 5 aromatic carbocycles. The molecule has 0 N–H and O–H groups in total. The van der Waals surface area contributed by atoms with Crippen molar-refractivity contribution in [1.29, 1.82) is 0 Å². The second kappa shape index (κ2) is 7.98. The van der Waals surface area contributed by atoms with Crippen molar-refractivity contribution >= 4 is 64.8 Å². The average molecular weight is 470 g/mol. The van der Waals surface area contributed by atoms with Crippen LogP contribution in [0.4, 0.5) is 0 Å². The number of hydrogen-bond acceptors (Lipinski definition) is 3. The summed E-state index contributed by atoms with van der Waals surface area (Å²) >= 11 is 3.76. The molecule has 34 heavy (non-hydrogen) atoms. The molecule has 0 amide bonds. The van der Waals surface area contributed by atoms with Crippen molar-refractivity contribution < 1.29 is 0 Å². The van der Waals surface area contributed by atoms with Crippen LogP contribution in [0, 0.1) is 0 Å². The minimum atomic E-state index is 1.19. The van der Waals surface area contributed by atoms with Crippen molar-refractivity contribution in [1.82, 2.24) is 4.98 Å². The SMILES string of the molecule is c1ccc(-c2c3ccccc3c(Sc3cccc4c3sc3ccccc34)c3ccncc23)cc1. The summed E-state index contributed by atoms with van der Waals surface area (Å²) in [4.78, 5) is 7.12. The summed E-state index contributed by atoms with van der Waals surface area (Å²) in [6, 6.07) is 37.0. The third-order valence-corrected chi connectivity index (χ3v) is 8.97. The van der Waals surface area contributed by atoms with E-state index in [1.54, 1.807) is 0 Å². The van der Waals surface area contributed by atoms with E-state index in [-0.39, 0.29) is 0 Å². The Labute approximate surface area is 205 Å². The first-order valence-electron chi connectivity index (χ1n) is 11.3. The van der Waals surface area contributed by atoms with Crippen LogP contribution in [0.15, 0.2) is 125 Å². The molecule has 0 fully saturated rings. The van der Waals surface area contributed by atoms with Crippen LogP contribution < -0.4 is 0 Å². The van der Waals surface area contributed by atoms with E-state index in [9.17, 15) is 0 Å². The Morgan fingerprint density at radius 1 is 0.559 bits per heavy atom. The molecule has 0 atom stereocenters. The lowest BCUT2D eigenvalue weighted by molar-refractivity contribution is 1.36. The zero-order chi connectivity index (χ0) is 22.5. The Bertz CT molecular complexity index is 1780. The highest BCUT2D eigenvalue weighted by Gasteiger charge is 2.17. The summed E-state index contributed by atoms with van der Waals surface area (Å²) in [7, 11) is 0. The quantitative estimate of drug-likeness (QED) is 0.239. The molecule has 160 valence electrons. The smallest absolute Gasteiger partial charge is 0.0494 e. The average Bonchev–Trinajstić information content (AvgIpc) is 3.29. The summed E-state index contributed by atoms with van der Waals surface area (Å²) in [5.74, 6) is 0. The molecule has 0 bridgehead atoms. The van der Waals surface area contributed by atoms with Crippen LogP contribution in [0.5, 0.6) is 0 Å². The van der Waals surface area contributed by atoms with Gasteiger partial charge in [0.2, 0.25) is 0 Å². The maximum absolute atomic E-state index is 4.53. The lowest BCUT2D eigenvalue weighted by atomic mass is 9.93. The standard InChI is InChI=1S/C31H19NS2/c1-2-9-20(10-3-1)29-22-12-4-5-13-24(22)30(25-17-18-32-19-26(25)29)34-28-16-8-14-23-21-11-6-7-15-27(21)33-31(23)28/h1-19H. The van der Waals surface area contributed by atoms with Crippen molar-refractivity contribution in [2.24, 2.45) is 0 Å². The summed E-state index contributed by atoms with van der Waals surface area (Å²) < 4.78 is 2.69. The molecule has 7 aromatic rings. The number of fused-ring (bicyclic) bond motifs is 5. The van der Waals surface area contributed by atoms with Crippen LogP contribution in [0.2, 0.25) is 0 Å². The molecule has 0 saturated heterocycles. The van der Waals surface area contributed by atoms with Crippen molar-refractivity contribution in [3.8, 4) is 11.1 Å². The number of rotatable bonds is 3. The minimum Gasteiger partial charge on any atom is -0.264 e. The van der Waals surface area contributed by atoms with Gasteiger partial charge in [0.1, 0.15) is 0 Å². The Morgan fingerprint density at radius 2 is 1.26 bits per heavy atom. The van der Waals surface area contributed by atoms with Gasteiger partial charge in [-0.15, -0.1) is 11.3 Å². The van der Waals surface area contributed by atoms with E-state index in [2.05, 4.69) is 108 Å². The fraction of sp³-hybridized carbons (Fsp3) is 0. The van der Waals surface area contributed by atoms with Crippen LogP contribution in [0.25, 0.3) is 52.8 Å². The predicted molar refractivity (Wildman–Crippen MR) is 148 cm³/mol. The highest BCUT2D eigenvalue weighted by Crippen LogP contribution is 2.47. The van der Waals surface area contributed by atoms with Gasteiger partial charge in [-0.05, 0) is 45.5 Å². The van der Waals surface area contributed by atoms with Crippen LogP contribution in [-0.4, -0.2) is 4.98 Å². The van der Waals surface area contributed by atoms with Gasteiger partial charge in [0.15, 0.2) is 0 Å². The first-order valence-corrected chi connectivity index (χ1v) is 12.9. The van der Waals surface area contributed by atoms with Crippen LogP contribution in [-0.2, 0) is 0 Å². The van der Waals surface area contributed by atoms with Crippen molar-refractivity contribution in [3.63, 3.8) is 0 Å².